The summed E-state index contributed by atoms with van der Waals surface area (Å²) in [5, 5.41) is 6.74. The van der Waals surface area contributed by atoms with Gasteiger partial charge in [-0.3, -0.25) is 0 Å². The van der Waals surface area contributed by atoms with Crippen LogP contribution in [-0.4, -0.2) is 23.7 Å². The minimum absolute atomic E-state index is 0.389. The molecule has 2 fully saturated rings. The monoisotopic (exact) mass is 266 g/mol. The van der Waals surface area contributed by atoms with E-state index in [-0.39, 0.29) is 0 Å². The molecule has 0 aliphatic heterocycles. The molecule has 100 valence electrons. The lowest BCUT2D eigenvalue weighted by Gasteiger charge is -2.57. The van der Waals surface area contributed by atoms with Crippen LogP contribution < -0.4 is 5.32 Å². The van der Waals surface area contributed by atoms with Gasteiger partial charge in [-0.25, -0.2) is 4.98 Å². The number of hydrogen-bond donors (Lipinski definition) is 1. The first-order valence-corrected chi connectivity index (χ1v) is 8.01. The van der Waals surface area contributed by atoms with Crippen molar-refractivity contribution in [3.63, 3.8) is 0 Å². The van der Waals surface area contributed by atoms with Crippen LogP contribution in [0.4, 0.5) is 5.13 Å². The summed E-state index contributed by atoms with van der Waals surface area (Å²) >= 11 is 1.70. The van der Waals surface area contributed by atoms with Gasteiger partial charge in [0.1, 0.15) is 0 Å². The van der Waals surface area contributed by atoms with E-state index in [1.165, 1.54) is 32.1 Å². The van der Waals surface area contributed by atoms with Crippen molar-refractivity contribution in [3.8, 4) is 0 Å². The molecule has 3 rings (SSSR count). The maximum absolute atomic E-state index is 5.96. The molecule has 0 bridgehead atoms. The minimum atomic E-state index is 0.389. The standard InChI is InChI=1S/C14H22N2OS/c1-2-17-12-10-11(16-13-15-8-9-18-13)14(12)6-4-3-5-7-14/h8-9,11-12H,2-7,10H2,1H3,(H,15,16). The van der Waals surface area contributed by atoms with Crippen LogP contribution in [-0.2, 0) is 4.74 Å². The molecule has 2 atom stereocenters. The van der Waals surface area contributed by atoms with E-state index in [0.717, 1.165) is 18.2 Å². The molecule has 1 aromatic heterocycles. The number of ether oxygens (including phenoxy) is 1. The minimum Gasteiger partial charge on any atom is -0.378 e. The van der Waals surface area contributed by atoms with E-state index in [9.17, 15) is 0 Å². The third kappa shape index (κ3) is 2.05. The number of nitrogens with zero attached hydrogens (tertiary/aromatic N) is 1. The molecule has 0 amide bonds. The van der Waals surface area contributed by atoms with Gasteiger partial charge in [0.15, 0.2) is 5.13 Å². The highest BCUT2D eigenvalue weighted by atomic mass is 32.1. The number of anilines is 1. The van der Waals surface area contributed by atoms with Gasteiger partial charge in [-0.05, 0) is 26.2 Å². The number of hydrogen-bond acceptors (Lipinski definition) is 4. The molecule has 2 aliphatic carbocycles. The largest absolute Gasteiger partial charge is 0.378 e. The number of aromatic nitrogens is 1. The number of nitrogens with one attached hydrogen (secondary N) is 1. The van der Waals surface area contributed by atoms with Gasteiger partial charge < -0.3 is 10.1 Å². The van der Waals surface area contributed by atoms with Crippen LogP contribution in [0.25, 0.3) is 0 Å². The summed E-state index contributed by atoms with van der Waals surface area (Å²) in [5.74, 6) is 0. The molecule has 3 nitrogen and oxygen atoms in total. The molecular weight excluding hydrogens is 244 g/mol. The molecule has 2 unspecified atom stereocenters. The maximum Gasteiger partial charge on any atom is 0.182 e. The van der Waals surface area contributed by atoms with Crippen LogP contribution in [0.2, 0.25) is 0 Å². The first-order valence-electron chi connectivity index (χ1n) is 7.13. The Kier molecular flexibility index (Phi) is 3.57. The quantitative estimate of drug-likeness (QED) is 0.902. The van der Waals surface area contributed by atoms with Crippen LogP contribution in [0.1, 0.15) is 45.4 Å². The Labute approximate surface area is 113 Å². The Morgan fingerprint density at radius 3 is 2.94 bits per heavy atom. The van der Waals surface area contributed by atoms with E-state index >= 15 is 0 Å². The van der Waals surface area contributed by atoms with E-state index in [0.29, 0.717) is 17.6 Å². The van der Waals surface area contributed by atoms with Crippen LogP contribution >= 0.6 is 11.3 Å². The summed E-state index contributed by atoms with van der Waals surface area (Å²) in [7, 11) is 0. The number of rotatable bonds is 4. The highest BCUT2D eigenvalue weighted by Gasteiger charge is 2.55. The van der Waals surface area contributed by atoms with Gasteiger partial charge >= 0.3 is 0 Å². The van der Waals surface area contributed by atoms with Gasteiger partial charge in [0, 0.05) is 29.6 Å². The van der Waals surface area contributed by atoms with Crippen molar-refractivity contribution in [1.29, 1.82) is 0 Å². The van der Waals surface area contributed by atoms with E-state index in [1.807, 2.05) is 11.6 Å². The summed E-state index contributed by atoms with van der Waals surface area (Å²) in [6.07, 6.45) is 10.2. The average Bonchev–Trinajstić information content (AvgIpc) is 2.92. The highest BCUT2D eigenvalue weighted by Crippen LogP contribution is 2.54. The van der Waals surface area contributed by atoms with Gasteiger partial charge in [0.2, 0.25) is 0 Å². The van der Waals surface area contributed by atoms with Crippen molar-refractivity contribution in [2.24, 2.45) is 5.41 Å². The molecule has 1 N–H and O–H groups in total. The van der Waals surface area contributed by atoms with Gasteiger partial charge in [0.25, 0.3) is 0 Å². The van der Waals surface area contributed by atoms with Gasteiger partial charge in [0.05, 0.1) is 6.10 Å². The summed E-state index contributed by atoms with van der Waals surface area (Å²) in [6, 6.07) is 0.570. The second kappa shape index (κ2) is 5.17. The van der Waals surface area contributed by atoms with Crippen molar-refractivity contribution in [1.82, 2.24) is 4.98 Å². The summed E-state index contributed by atoms with van der Waals surface area (Å²) < 4.78 is 5.96. The molecular formula is C14H22N2OS. The topological polar surface area (TPSA) is 34.1 Å². The van der Waals surface area contributed by atoms with Crippen molar-refractivity contribution in [2.45, 2.75) is 57.6 Å². The van der Waals surface area contributed by atoms with E-state index in [1.54, 1.807) is 11.3 Å². The van der Waals surface area contributed by atoms with Crippen LogP contribution in [0.15, 0.2) is 11.6 Å². The second-order valence-corrected chi connectivity index (χ2v) is 6.40. The van der Waals surface area contributed by atoms with Gasteiger partial charge in [-0.15, -0.1) is 11.3 Å². The molecule has 1 aromatic rings. The van der Waals surface area contributed by atoms with Crippen molar-refractivity contribution in [3.05, 3.63) is 11.6 Å². The van der Waals surface area contributed by atoms with Gasteiger partial charge in [-0.1, -0.05) is 19.3 Å². The van der Waals surface area contributed by atoms with E-state index in [4.69, 9.17) is 4.74 Å². The molecule has 2 saturated carbocycles. The molecule has 0 aromatic carbocycles. The Hall–Kier alpha value is -0.610. The van der Waals surface area contributed by atoms with Crippen molar-refractivity contribution in [2.75, 3.05) is 11.9 Å². The SMILES string of the molecule is CCOC1CC(Nc2nccs2)C12CCCCC2. The first kappa shape index (κ1) is 12.4. The first-order chi connectivity index (χ1) is 8.85. The van der Waals surface area contributed by atoms with Crippen LogP contribution in [0.5, 0.6) is 0 Å². The summed E-state index contributed by atoms with van der Waals surface area (Å²) in [4.78, 5) is 4.35. The van der Waals surface area contributed by atoms with Crippen LogP contribution in [0.3, 0.4) is 0 Å². The number of thiazole rings is 1. The zero-order valence-electron chi connectivity index (χ0n) is 11.0. The second-order valence-electron chi connectivity index (χ2n) is 5.51. The lowest BCUT2D eigenvalue weighted by molar-refractivity contribution is -0.134. The van der Waals surface area contributed by atoms with Crippen molar-refractivity contribution >= 4 is 16.5 Å². The fraction of sp³-hybridized carbons (Fsp3) is 0.786. The lowest BCUT2D eigenvalue weighted by Crippen LogP contribution is -2.62. The predicted octanol–water partition coefficient (Wildman–Crippen LogP) is 3.68. The average molecular weight is 266 g/mol. The maximum atomic E-state index is 5.96. The van der Waals surface area contributed by atoms with Gasteiger partial charge in [-0.2, -0.15) is 0 Å². The lowest BCUT2D eigenvalue weighted by atomic mass is 9.55. The summed E-state index contributed by atoms with van der Waals surface area (Å²) in [5.41, 5.74) is 0.389. The highest BCUT2D eigenvalue weighted by molar-refractivity contribution is 7.13. The smallest absolute Gasteiger partial charge is 0.182 e. The van der Waals surface area contributed by atoms with E-state index in [2.05, 4.69) is 17.2 Å². The Morgan fingerprint density at radius 2 is 2.28 bits per heavy atom. The normalized spacial score (nSPS) is 30.1. The zero-order chi connectivity index (χ0) is 12.4. The molecule has 4 heteroatoms. The third-order valence-electron chi connectivity index (χ3n) is 4.67. The molecule has 2 aliphatic rings. The fourth-order valence-corrected chi connectivity index (χ4v) is 4.29. The fourth-order valence-electron chi connectivity index (χ4n) is 3.71. The zero-order valence-corrected chi connectivity index (χ0v) is 11.8. The van der Waals surface area contributed by atoms with Crippen LogP contribution in [0, 0.1) is 5.41 Å². The Bertz CT molecular complexity index is 373. The molecule has 18 heavy (non-hydrogen) atoms. The molecule has 1 heterocycles. The molecule has 0 saturated heterocycles. The van der Waals surface area contributed by atoms with Crippen molar-refractivity contribution < 1.29 is 4.74 Å². The summed E-state index contributed by atoms with van der Waals surface area (Å²) in [6.45, 7) is 2.95. The Morgan fingerprint density at radius 1 is 1.44 bits per heavy atom. The predicted molar refractivity (Wildman–Crippen MR) is 75.1 cm³/mol. The molecule has 1 spiro atoms. The third-order valence-corrected chi connectivity index (χ3v) is 5.37. The Balaban J connectivity index is 1.70. The molecule has 0 radical (unpaired) electrons. The van der Waals surface area contributed by atoms with E-state index < -0.39 is 0 Å².